The summed E-state index contributed by atoms with van der Waals surface area (Å²) in [5.41, 5.74) is 2.20. The predicted molar refractivity (Wildman–Crippen MR) is 98.5 cm³/mol. The maximum atomic E-state index is 12.0. The Labute approximate surface area is 153 Å². The van der Waals surface area contributed by atoms with Crippen molar-refractivity contribution >= 4 is 17.5 Å². The minimum atomic E-state index is 0.0639. The van der Waals surface area contributed by atoms with Crippen molar-refractivity contribution in [1.29, 1.82) is 0 Å². The molecule has 132 valence electrons. The second kappa shape index (κ2) is 8.77. The lowest BCUT2D eigenvalue weighted by molar-refractivity contribution is -0.121. The van der Waals surface area contributed by atoms with Crippen LogP contribution < -0.4 is 14.8 Å². The largest absolute Gasteiger partial charge is 0.486 e. The lowest BCUT2D eigenvalue weighted by atomic mass is 10.1. The van der Waals surface area contributed by atoms with Gasteiger partial charge in [0.25, 0.3) is 0 Å². The van der Waals surface area contributed by atoms with Gasteiger partial charge >= 0.3 is 0 Å². The quantitative estimate of drug-likeness (QED) is 0.765. The van der Waals surface area contributed by atoms with Crippen LogP contribution in [0.25, 0.3) is 0 Å². The van der Waals surface area contributed by atoms with Crippen LogP contribution in [-0.2, 0) is 17.6 Å². The van der Waals surface area contributed by atoms with Crippen LogP contribution >= 0.6 is 11.6 Å². The number of fused-ring (bicyclic) bond motifs is 1. The normalized spacial score (nSPS) is 12.7. The Balaban J connectivity index is 1.37. The average Bonchev–Trinajstić information content (AvgIpc) is 2.64. The Morgan fingerprint density at radius 1 is 1.04 bits per heavy atom. The number of carbonyl (C=O) groups excluding carboxylic acids is 1. The van der Waals surface area contributed by atoms with Gasteiger partial charge in [0.2, 0.25) is 5.91 Å². The number of nitrogens with one attached hydrogen (secondary N) is 1. The Kier molecular flexibility index (Phi) is 6.18. The van der Waals surface area contributed by atoms with E-state index < -0.39 is 0 Å². The lowest BCUT2D eigenvalue weighted by Gasteiger charge is -2.18. The van der Waals surface area contributed by atoms with E-state index in [1.54, 1.807) is 0 Å². The summed E-state index contributed by atoms with van der Waals surface area (Å²) in [6.07, 6.45) is 2.89. The first-order valence-corrected chi connectivity index (χ1v) is 8.99. The molecule has 4 nitrogen and oxygen atoms in total. The number of benzene rings is 2. The molecule has 0 saturated heterocycles. The van der Waals surface area contributed by atoms with E-state index in [0.717, 1.165) is 40.5 Å². The zero-order valence-corrected chi connectivity index (χ0v) is 14.8. The second-order valence-electron chi connectivity index (χ2n) is 6.02. The molecule has 0 aromatic heterocycles. The number of halogens is 1. The number of rotatable bonds is 7. The molecule has 0 bridgehead atoms. The molecule has 0 fully saturated rings. The van der Waals surface area contributed by atoms with E-state index in [2.05, 4.69) is 5.32 Å². The number of carbonyl (C=O) groups is 1. The van der Waals surface area contributed by atoms with Crippen molar-refractivity contribution in [1.82, 2.24) is 5.32 Å². The van der Waals surface area contributed by atoms with Gasteiger partial charge in [-0.25, -0.2) is 0 Å². The lowest BCUT2D eigenvalue weighted by Crippen LogP contribution is -2.25. The highest BCUT2D eigenvalue weighted by molar-refractivity contribution is 6.31. The molecular formula is C20H22ClNO3. The van der Waals surface area contributed by atoms with Gasteiger partial charge in [0.1, 0.15) is 13.2 Å². The van der Waals surface area contributed by atoms with E-state index in [4.69, 9.17) is 21.1 Å². The van der Waals surface area contributed by atoms with Crippen LogP contribution in [0.1, 0.15) is 24.0 Å². The van der Waals surface area contributed by atoms with Crippen LogP contribution in [0.3, 0.4) is 0 Å². The highest BCUT2D eigenvalue weighted by Crippen LogP contribution is 2.31. The van der Waals surface area contributed by atoms with Gasteiger partial charge in [0, 0.05) is 18.0 Å². The summed E-state index contributed by atoms with van der Waals surface area (Å²) in [4.78, 5) is 12.0. The third kappa shape index (κ3) is 5.13. The zero-order valence-electron chi connectivity index (χ0n) is 14.1. The number of aryl methyl sites for hydroxylation is 2. The monoisotopic (exact) mass is 359 g/mol. The van der Waals surface area contributed by atoms with Crippen molar-refractivity contribution in [2.75, 3.05) is 19.8 Å². The van der Waals surface area contributed by atoms with Crippen LogP contribution in [0.4, 0.5) is 0 Å². The van der Waals surface area contributed by atoms with Gasteiger partial charge in [-0.15, -0.1) is 0 Å². The summed E-state index contributed by atoms with van der Waals surface area (Å²) in [6.45, 7) is 1.82. The molecule has 25 heavy (non-hydrogen) atoms. The van der Waals surface area contributed by atoms with Gasteiger partial charge < -0.3 is 14.8 Å². The highest BCUT2D eigenvalue weighted by atomic mass is 35.5. The van der Waals surface area contributed by atoms with Crippen molar-refractivity contribution in [2.45, 2.75) is 25.7 Å². The molecule has 2 aromatic rings. The van der Waals surface area contributed by atoms with Gasteiger partial charge in [-0.05, 0) is 48.6 Å². The number of amides is 1. The van der Waals surface area contributed by atoms with Gasteiger partial charge in [0.15, 0.2) is 11.5 Å². The second-order valence-corrected chi connectivity index (χ2v) is 6.43. The molecule has 3 rings (SSSR count). The van der Waals surface area contributed by atoms with E-state index in [-0.39, 0.29) is 5.91 Å². The van der Waals surface area contributed by atoms with Crippen LogP contribution in [0.2, 0.25) is 5.02 Å². The third-order valence-corrected chi connectivity index (χ3v) is 4.52. The van der Waals surface area contributed by atoms with Gasteiger partial charge in [-0.3, -0.25) is 4.79 Å². The Morgan fingerprint density at radius 3 is 2.68 bits per heavy atom. The summed E-state index contributed by atoms with van der Waals surface area (Å²) in [5.74, 6) is 1.61. The standard InChI is InChI=1S/C20H22ClNO3/c21-17-6-2-1-4-16(17)5-3-11-22-20(23)10-8-15-7-9-18-19(14-15)25-13-12-24-18/h1-2,4,6-7,9,14H,3,5,8,10-13H2,(H,22,23). The van der Waals surface area contributed by atoms with Crippen molar-refractivity contribution in [3.63, 3.8) is 0 Å². The number of ether oxygens (including phenoxy) is 2. The van der Waals surface area contributed by atoms with Crippen molar-refractivity contribution in [3.05, 3.63) is 58.6 Å². The van der Waals surface area contributed by atoms with Crippen molar-refractivity contribution < 1.29 is 14.3 Å². The molecule has 0 radical (unpaired) electrons. The molecule has 2 aromatic carbocycles. The maximum Gasteiger partial charge on any atom is 0.220 e. The molecule has 1 heterocycles. The molecule has 0 saturated carbocycles. The third-order valence-electron chi connectivity index (χ3n) is 4.15. The summed E-state index contributed by atoms with van der Waals surface area (Å²) < 4.78 is 11.1. The summed E-state index contributed by atoms with van der Waals surface area (Å²) >= 11 is 6.13. The van der Waals surface area contributed by atoms with Crippen LogP contribution in [0, 0.1) is 0 Å². The van der Waals surface area contributed by atoms with Crippen LogP contribution in [-0.4, -0.2) is 25.7 Å². The topological polar surface area (TPSA) is 47.6 Å². The summed E-state index contributed by atoms with van der Waals surface area (Å²) in [5, 5.41) is 3.75. The van der Waals surface area contributed by atoms with Gasteiger partial charge in [-0.1, -0.05) is 35.9 Å². The minimum Gasteiger partial charge on any atom is -0.486 e. The van der Waals surface area contributed by atoms with Crippen LogP contribution in [0.15, 0.2) is 42.5 Å². The smallest absolute Gasteiger partial charge is 0.220 e. The molecule has 1 aliphatic heterocycles. The van der Waals surface area contributed by atoms with E-state index in [0.29, 0.717) is 32.6 Å². The zero-order chi connectivity index (χ0) is 17.5. The molecular weight excluding hydrogens is 338 g/mol. The van der Waals surface area contributed by atoms with Crippen molar-refractivity contribution in [3.8, 4) is 11.5 Å². The molecule has 1 amide bonds. The molecule has 0 aliphatic carbocycles. The first-order chi connectivity index (χ1) is 12.2. The van der Waals surface area contributed by atoms with Crippen LogP contribution in [0.5, 0.6) is 11.5 Å². The maximum absolute atomic E-state index is 12.0. The Bertz CT molecular complexity index is 733. The summed E-state index contributed by atoms with van der Waals surface area (Å²) in [7, 11) is 0. The fourth-order valence-corrected chi connectivity index (χ4v) is 3.03. The first-order valence-electron chi connectivity index (χ1n) is 8.61. The molecule has 1 N–H and O–H groups in total. The molecule has 5 heteroatoms. The summed E-state index contributed by atoms with van der Waals surface area (Å²) in [6, 6.07) is 13.7. The van der Waals surface area contributed by atoms with E-state index in [1.807, 2.05) is 42.5 Å². The molecule has 0 unspecified atom stereocenters. The van der Waals surface area contributed by atoms with E-state index in [9.17, 15) is 4.79 Å². The fraction of sp³-hybridized carbons (Fsp3) is 0.350. The van der Waals surface area contributed by atoms with Gasteiger partial charge in [-0.2, -0.15) is 0 Å². The predicted octanol–water partition coefficient (Wildman–Crippen LogP) is 3.79. The Hall–Kier alpha value is -2.20. The Morgan fingerprint density at radius 2 is 1.84 bits per heavy atom. The minimum absolute atomic E-state index is 0.0639. The van der Waals surface area contributed by atoms with Crippen molar-refractivity contribution in [2.24, 2.45) is 0 Å². The first kappa shape index (κ1) is 17.6. The SMILES string of the molecule is O=C(CCc1ccc2c(c1)OCCO2)NCCCc1ccccc1Cl. The van der Waals surface area contributed by atoms with E-state index >= 15 is 0 Å². The number of hydrogen-bond donors (Lipinski definition) is 1. The number of hydrogen-bond acceptors (Lipinski definition) is 3. The van der Waals surface area contributed by atoms with Gasteiger partial charge in [0.05, 0.1) is 0 Å². The highest BCUT2D eigenvalue weighted by Gasteiger charge is 2.12. The molecule has 0 spiro atoms. The average molecular weight is 360 g/mol. The van der Waals surface area contributed by atoms with E-state index in [1.165, 1.54) is 0 Å². The molecule has 0 atom stereocenters. The molecule has 1 aliphatic rings. The fourth-order valence-electron chi connectivity index (χ4n) is 2.80.